The topological polar surface area (TPSA) is 76.2 Å². The highest BCUT2D eigenvalue weighted by Crippen LogP contribution is 2.27. The number of rotatable bonds is 4. The van der Waals surface area contributed by atoms with E-state index in [1.807, 2.05) is 28.8 Å². The standard InChI is InChI=1S/C22H25N5O2/c1-26-20-7-6-17(23-13-18-9-11-29-25-18)12-19(20)21(24-26)22(28)27-10-8-15-4-2-3-5-16(15)14-27/h2-5,9,11,17,23H,6-8,10,12-14H2,1H3. The van der Waals surface area contributed by atoms with Crippen molar-refractivity contribution in [1.82, 2.24) is 25.2 Å². The van der Waals surface area contributed by atoms with Gasteiger partial charge in [-0.2, -0.15) is 5.10 Å². The summed E-state index contributed by atoms with van der Waals surface area (Å²) in [4.78, 5) is 15.3. The Labute approximate surface area is 169 Å². The lowest BCUT2D eigenvalue weighted by Gasteiger charge is -2.29. The second-order valence-electron chi connectivity index (χ2n) is 7.95. The zero-order valence-electron chi connectivity index (χ0n) is 16.6. The van der Waals surface area contributed by atoms with Gasteiger partial charge in [0.05, 0.1) is 5.69 Å². The Balaban J connectivity index is 1.33. The molecule has 5 rings (SSSR count). The fourth-order valence-corrected chi connectivity index (χ4v) is 4.53. The molecule has 1 N–H and O–H groups in total. The molecule has 2 aliphatic rings. The van der Waals surface area contributed by atoms with Crippen LogP contribution in [-0.2, 0) is 39.4 Å². The second kappa shape index (κ2) is 7.48. The summed E-state index contributed by atoms with van der Waals surface area (Å²) in [5.41, 5.74) is 6.38. The Hall–Kier alpha value is -2.93. The van der Waals surface area contributed by atoms with Crippen molar-refractivity contribution >= 4 is 5.91 Å². The first-order valence-electron chi connectivity index (χ1n) is 10.2. The number of amides is 1. The normalized spacial score (nSPS) is 18.4. The molecule has 0 saturated heterocycles. The van der Waals surface area contributed by atoms with Crippen LogP contribution in [0.3, 0.4) is 0 Å². The first-order chi connectivity index (χ1) is 14.2. The predicted octanol–water partition coefficient (Wildman–Crippen LogP) is 2.25. The lowest BCUT2D eigenvalue weighted by molar-refractivity contribution is 0.0726. The van der Waals surface area contributed by atoms with E-state index in [0.29, 0.717) is 24.8 Å². The average Bonchev–Trinajstić information content (AvgIpc) is 3.39. The van der Waals surface area contributed by atoms with Gasteiger partial charge in [0.25, 0.3) is 5.91 Å². The summed E-state index contributed by atoms with van der Waals surface area (Å²) in [7, 11) is 1.95. The van der Waals surface area contributed by atoms with Crippen LogP contribution in [-0.4, -0.2) is 38.3 Å². The molecule has 7 nitrogen and oxygen atoms in total. The zero-order valence-corrected chi connectivity index (χ0v) is 16.6. The minimum atomic E-state index is 0.0495. The first kappa shape index (κ1) is 18.1. The van der Waals surface area contributed by atoms with Gasteiger partial charge in [-0.05, 0) is 36.8 Å². The molecule has 1 aliphatic carbocycles. The Bertz CT molecular complexity index is 1020. The van der Waals surface area contributed by atoms with Crippen LogP contribution in [0.25, 0.3) is 0 Å². The molecule has 1 unspecified atom stereocenters. The average molecular weight is 391 g/mol. The number of nitrogens with one attached hydrogen (secondary N) is 1. The van der Waals surface area contributed by atoms with Crippen molar-refractivity contribution in [2.24, 2.45) is 7.05 Å². The van der Waals surface area contributed by atoms with Crippen LogP contribution in [0, 0.1) is 0 Å². The molecule has 1 aliphatic heterocycles. The van der Waals surface area contributed by atoms with Crippen LogP contribution in [0.5, 0.6) is 0 Å². The molecule has 7 heteroatoms. The van der Waals surface area contributed by atoms with E-state index >= 15 is 0 Å². The molecule has 150 valence electrons. The zero-order chi connectivity index (χ0) is 19.8. The number of fused-ring (bicyclic) bond motifs is 2. The van der Waals surface area contributed by atoms with Gasteiger partial charge in [-0.3, -0.25) is 9.48 Å². The molecular weight excluding hydrogens is 366 g/mol. The molecule has 0 saturated carbocycles. The molecule has 1 amide bonds. The third-order valence-electron chi connectivity index (χ3n) is 6.14. The van der Waals surface area contributed by atoms with E-state index < -0.39 is 0 Å². The van der Waals surface area contributed by atoms with Crippen LogP contribution in [0.4, 0.5) is 0 Å². The summed E-state index contributed by atoms with van der Waals surface area (Å²) in [5.74, 6) is 0.0495. The number of aryl methyl sites for hydroxylation is 1. The van der Waals surface area contributed by atoms with Gasteiger partial charge in [0.15, 0.2) is 5.69 Å². The number of nitrogens with zero attached hydrogens (tertiary/aromatic N) is 4. The van der Waals surface area contributed by atoms with Crippen LogP contribution < -0.4 is 5.32 Å². The number of aromatic nitrogens is 3. The van der Waals surface area contributed by atoms with Crippen LogP contribution in [0.15, 0.2) is 41.1 Å². The lowest BCUT2D eigenvalue weighted by Crippen LogP contribution is -2.38. The molecule has 0 spiro atoms. The number of hydrogen-bond donors (Lipinski definition) is 1. The molecule has 3 aromatic rings. The molecule has 29 heavy (non-hydrogen) atoms. The van der Waals surface area contributed by atoms with Crippen LogP contribution >= 0.6 is 0 Å². The highest BCUT2D eigenvalue weighted by Gasteiger charge is 2.31. The summed E-state index contributed by atoms with van der Waals surface area (Å²) in [6.07, 6.45) is 5.25. The molecule has 1 aromatic carbocycles. The van der Waals surface area contributed by atoms with Crippen LogP contribution in [0.1, 0.15) is 45.0 Å². The van der Waals surface area contributed by atoms with Crippen molar-refractivity contribution in [2.75, 3.05) is 6.54 Å². The van der Waals surface area contributed by atoms with E-state index in [0.717, 1.165) is 43.5 Å². The molecule has 0 fully saturated rings. The van der Waals surface area contributed by atoms with Crippen molar-refractivity contribution in [3.63, 3.8) is 0 Å². The molecule has 0 bridgehead atoms. The Morgan fingerprint density at radius 3 is 2.93 bits per heavy atom. The largest absolute Gasteiger partial charge is 0.364 e. The van der Waals surface area contributed by atoms with Gasteiger partial charge in [0.1, 0.15) is 6.26 Å². The van der Waals surface area contributed by atoms with Gasteiger partial charge < -0.3 is 14.7 Å². The summed E-state index contributed by atoms with van der Waals surface area (Å²) in [5, 5.41) is 12.1. The number of carbonyl (C=O) groups excluding carboxylic acids is 1. The fraction of sp³-hybridized carbons (Fsp3) is 0.409. The maximum Gasteiger partial charge on any atom is 0.274 e. The molecule has 2 aromatic heterocycles. The summed E-state index contributed by atoms with van der Waals surface area (Å²) in [6.45, 7) is 2.08. The number of carbonyl (C=O) groups is 1. The first-order valence-corrected chi connectivity index (χ1v) is 10.2. The summed E-state index contributed by atoms with van der Waals surface area (Å²) in [6, 6.07) is 10.6. The SMILES string of the molecule is Cn1nc(C(=O)N2CCc3ccccc3C2)c2c1CCC(NCc1ccon1)C2. The van der Waals surface area contributed by atoms with Crippen molar-refractivity contribution in [3.05, 3.63) is 70.4 Å². The third-order valence-corrected chi connectivity index (χ3v) is 6.14. The maximum absolute atomic E-state index is 13.4. The Kier molecular flexibility index (Phi) is 4.67. The monoisotopic (exact) mass is 391 g/mol. The number of benzene rings is 1. The van der Waals surface area contributed by atoms with E-state index in [-0.39, 0.29) is 5.91 Å². The van der Waals surface area contributed by atoms with Crippen molar-refractivity contribution in [3.8, 4) is 0 Å². The quantitative estimate of drug-likeness (QED) is 0.738. The molecule has 0 radical (unpaired) electrons. The van der Waals surface area contributed by atoms with E-state index in [1.165, 1.54) is 16.8 Å². The summed E-state index contributed by atoms with van der Waals surface area (Å²) < 4.78 is 6.80. The minimum Gasteiger partial charge on any atom is -0.364 e. The third kappa shape index (κ3) is 3.46. The van der Waals surface area contributed by atoms with Gasteiger partial charge in [-0.15, -0.1) is 0 Å². The molecular formula is C22H25N5O2. The van der Waals surface area contributed by atoms with Crippen molar-refractivity contribution in [1.29, 1.82) is 0 Å². The van der Waals surface area contributed by atoms with E-state index in [2.05, 4.69) is 33.8 Å². The van der Waals surface area contributed by atoms with Gasteiger partial charge in [-0.1, -0.05) is 29.4 Å². The summed E-state index contributed by atoms with van der Waals surface area (Å²) >= 11 is 0. The van der Waals surface area contributed by atoms with E-state index in [1.54, 1.807) is 6.26 Å². The van der Waals surface area contributed by atoms with Crippen molar-refractivity contribution < 1.29 is 9.32 Å². The van der Waals surface area contributed by atoms with Crippen LogP contribution in [0.2, 0.25) is 0 Å². The van der Waals surface area contributed by atoms with Crippen molar-refractivity contribution in [2.45, 2.75) is 44.8 Å². The lowest BCUT2D eigenvalue weighted by atomic mass is 9.90. The minimum absolute atomic E-state index is 0.0495. The van der Waals surface area contributed by atoms with Gasteiger partial charge in [0, 0.05) is 50.0 Å². The van der Waals surface area contributed by atoms with E-state index in [4.69, 9.17) is 4.52 Å². The van der Waals surface area contributed by atoms with Gasteiger partial charge in [-0.25, -0.2) is 0 Å². The smallest absolute Gasteiger partial charge is 0.274 e. The highest BCUT2D eigenvalue weighted by molar-refractivity contribution is 5.94. The van der Waals surface area contributed by atoms with Gasteiger partial charge in [0.2, 0.25) is 0 Å². The molecule has 1 atom stereocenters. The predicted molar refractivity (Wildman–Crippen MR) is 107 cm³/mol. The van der Waals surface area contributed by atoms with E-state index in [9.17, 15) is 4.79 Å². The molecule has 3 heterocycles. The Morgan fingerprint density at radius 1 is 1.24 bits per heavy atom. The Morgan fingerprint density at radius 2 is 2.10 bits per heavy atom. The highest BCUT2D eigenvalue weighted by atomic mass is 16.5. The second-order valence-corrected chi connectivity index (χ2v) is 7.95. The fourth-order valence-electron chi connectivity index (χ4n) is 4.53. The maximum atomic E-state index is 13.4. The number of hydrogen-bond acceptors (Lipinski definition) is 5. The van der Waals surface area contributed by atoms with Gasteiger partial charge >= 0.3 is 0 Å².